The summed E-state index contributed by atoms with van der Waals surface area (Å²) in [5, 5.41) is 8.76. The Labute approximate surface area is 72.4 Å². The quantitative estimate of drug-likeness (QED) is 0.599. The van der Waals surface area contributed by atoms with Crippen molar-refractivity contribution in [2.45, 2.75) is 19.8 Å². The van der Waals surface area contributed by atoms with Gasteiger partial charge in [-0.2, -0.15) is 0 Å². The number of amides is 1. The molecule has 3 nitrogen and oxygen atoms in total. The van der Waals surface area contributed by atoms with E-state index in [0.29, 0.717) is 11.8 Å². The smallest absolute Gasteiger partial charge is 0.407 e. The Morgan fingerprint density at radius 3 is 2.25 bits per heavy atom. The first-order chi connectivity index (χ1) is 5.66. The Morgan fingerprint density at radius 1 is 1.33 bits per heavy atom. The molecule has 1 aliphatic heterocycles. The molecule has 0 spiro atoms. The van der Waals surface area contributed by atoms with E-state index in [1.165, 1.54) is 12.8 Å². The van der Waals surface area contributed by atoms with Gasteiger partial charge in [-0.25, -0.2) is 4.79 Å². The maximum absolute atomic E-state index is 10.6. The molecule has 1 saturated heterocycles. The molecule has 0 aromatic carbocycles. The minimum atomic E-state index is -0.739. The summed E-state index contributed by atoms with van der Waals surface area (Å²) in [4.78, 5) is 12.2. The Balaban J connectivity index is 1.98. The van der Waals surface area contributed by atoms with Crippen LogP contribution < -0.4 is 0 Å². The van der Waals surface area contributed by atoms with E-state index >= 15 is 0 Å². The number of carbonyl (C=O) groups is 1. The van der Waals surface area contributed by atoms with Crippen molar-refractivity contribution in [3.8, 4) is 0 Å². The van der Waals surface area contributed by atoms with Gasteiger partial charge < -0.3 is 10.0 Å². The molecule has 1 amide bonds. The van der Waals surface area contributed by atoms with E-state index in [9.17, 15) is 4.79 Å². The fourth-order valence-electron chi connectivity index (χ4n) is 2.76. The second-order valence-electron chi connectivity index (χ2n) is 4.28. The van der Waals surface area contributed by atoms with Gasteiger partial charge in [0.1, 0.15) is 0 Å². The first-order valence-corrected chi connectivity index (χ1v) is 4.64. The summed E-state index contributed by atoms with van der Waals surface area (Å²) in [7, 11) is 0. The molecule has 3 heteroatoms. The highest BCUT2D eigenvalue weighted by Crippen LogP contribution is 2.40. The number of carboxylic acid groups (broad SMARTS) is 1. The van der Waals surface area contributed by atoms with Crippen LogP contribution in [0.15, 0.2) is 0 Å². The molecule has 1 heterocycles. The first kappa shape index (κ1) is 7.90. The zero-order valence-corrected chi connectivity index (χ0v) is 7.36. The van der Waals surface area contributed by atoms with Crippen LogP contribution >= 0.6 is 0 Å². The maximum atomic E-state index is 10.6. The standard InChI is InChI=1S/C9H15NO2/c1-6-2-7-4-10(9(11)12)5-8(7)3-6/h6-8H,2-5H2,1H3,(H,11,12). The van der Waals surface area contributed by atoms with Crippen LogP contribution in [0, 0.1) is 17.8 Å². The van der Waals surface area contributed by atoms with E-state index in [2.05, 4.69) is 6.92 Å². The SMILES string of the molecule is CC1CC2CN(C(=O)O)CC2C1. The molecule has 2 unspecified atom stereocenters. The molecule has 1 saturated carbocycles. The average Bonchev–Trinajstić information content (AvgIpc) is 2.42. The molecular formula is C9H15NO2. The molecule has 1 N–H and O–H groups in total. The van der Waals surface area contributed by atoms with Gasteiger partial charge in [0.25, 0.3) is 0 Å². The summed E-state index contributed by atoms with van der Waals surface area (Å²) in [6.45, 7) is 3.83. The van der Waals surface area contributed by atoms with Gasteiger partial charge in [-0.1, -0.05) is 6.92 Å². The summed E-state index contributed by atoms with van der Waals surface area (Å²) in [5.74, 6) is 2.14. The van der Waals surface area contributed by atoms with E-state index in [4.69, 9.17) is 5.11 Å². The van der Waals surface area contributed by atoms with E-state index < -0.39 is 6.09 Å². The molecule has 0 bridgehead atoms. The molecule has 0 aromatic rings. The predicted octanol–water partition coefficient (Wildman–Crippen LogP) is 1.64. The second kappa shape index (κ2) is 2.64. The van der Waals surface area contributed by atoms with Crippen LogP contribution in [0.25, 0.3) is 0 Å². The highest BCUT2D eigenvalue weighted by molar-refractivity contribution is 5.65. The lowest BCUT2D eigenvalue weighted by atomic mass is 10.0. The third-order valence-electron chi connectivity index (χ3n) is 3.26. The van der Waals surface area contributed by atoms with Crippen LogP contribution in [0.5, 0.6) is 0 Å². The van der Waals surface area contributed by atoms with Crippen LogP contribution in [-0.2, 0) is 0 Å². The van der Waals surface area contributed by atoms with Crippen LogP contribution in [-0.4, -0.2) is 29.2 Å². The van der Waals surface area contributed by atoms with Crippen molar-refractivity contribution in [2.24, 2.45) is 17.8 Å². The van der Waals surface area contributed by atoms with Crippen LogP contribution in [0.1, 0.15) is 19.8 Å². The Morgan fingerprint density at radius 2 is 1.83 bits per heavy atom. The number of likely N-dealkylation sites (tertiary alicyclic amines) is 1. The van der Waals surface area contributed by atoms with Crippen molar-refractivity contribution < 1.29 is 9.90 Å². The third kappa shape index (κ3) is 1.17. The highest BCUT2D eigenvalue weighted by Gasteiger charge is 2.40. The Bertz CT molecular complexity index is 191. The summed E-state index contributed by atoms with van der Waals surface area (Å²) < 4.78 is 0. The van der Waals surface area contributed by atoms with Gasteiger partial charge in [0.05, 0.1) is 0 Å². The first-order valence-electron chi connectivity index (χ1n) is 4.64. The van der Waals surface area contributed by atoms with Gasteiger partial charge in [0.15, 0.2) is 0 Å². The summed E-state index contributed by atoms with van der Waals surface area (Å²) >= 11 is 0. The Hall–Kier alpha value is -0.730. The molecule has 1 aliphatic carbocycles. The maximum Gasteiger partial charge on any atom is 0.407 e. The molecule has 68 valence electrons. The van der Waals surface area contributed by atoms with E-state index in [0.717, 1.165) is 19.0 Å². The van der Waals surface area contributed by atoms with Gasteiger partial charge in [0.2, 0.25) is 0 Å². The normalized spacial score (nSPS) is 40.1. The van der Waals surface area contributed by atoms with Crippen molar-refractivity contribution in [2.75, 3.05) is 13.1 Å². The van der Waals surface area contributed by atoms with Crippen LogP contribution in [0.4, 0.5) is 4.79 Å². The lowest BCUT2D eigenvalue weighted by molar-refractivity contribution is 0.151. The molecule has 2 rings (SSSR count). The van der Waals surface area contributed by atoms with Crippen molar-refractivity contribution >= 4 is 6.09 Å². The molecule has 2 atom stereocenters. The molecule has 0 radical (unpaired) electrons. The molecule has 2 aliphatic rings. The van der Waals surface area contributed by atoms with Crippen molar-refractivity contribution in [3.63, 3.8) is 0 Å². The number of fused-ring (bicyclic) bond motifs is 1. The van der Waals surface area contributed by atoms with Gasteiger partial charge in [-0.05, 0) is 30.6 Å². The van der Waals surface area contributed by atoms with Gasteiger partial charge in [-0.3, -0.25) is 0 Å². The van der Waals surface area contributed by atoms with Gasteiger partial charge >= 0.3 is 6.09 Å². The van der Waals surface area contributed by atoms with Crippen molar-refractivity contribution in [3.05, 3.63) is 0 Å². The number of hydrogen-bond acceptors (Lipinski definition) is 1. The Kier molecular flexibility index (Phi) is 1.74. The molecular weight excluding hydrogens is 154 g/mol. The van der Waals surface area contributed by atoms with E-state index in [1.807, 2.05) is 0 Å². The predicted molar refractivity (Wildman–Crippen MR) is 45.0 cm³/mol. The molecule has 12 heavy (non-hydrogen) atoms. The average molecular weight is 169 g/mol. The minimum absolute atomic E-state index is 0.663. The highest BCUT2D eigenvalue weighted by atomic mass is 16.4. The van der Waals surface area contributed by atoms with Crippen LogP contribution in [0.3, 0.4) is 0 Å². The third-order valence-corrected chi connectivity index (χ3v) is 3.26. The fourth-order valence-corrected chi connectivity index (χ4v) is 2.76. The zero-order chi connectivity index (χ0) is 8.72. The minimum Gasteiger partial charge on any atom is -0.465 e. The van der Waals surface area contributed by atoms with Crippen molar-refractivity contribution in [1.29, 1.82) is 0 Å². The second-order valence-corrected chi connectivity index (χ2v) is 4.28. The number of rotatable bonds is 0. The lowest BCUT2D eigenvalue weighted by Crippen LogP contribution is -2.27. The molecule has 2 fully saturated rings. The number of hydrogen-bond donors (Lipinski definition) is 1. The fraction of sp³-hybridized carbons (Fsp3) is 0.889. The topological polar surface area (TPSA) is 40.5 Å². The van der Waals surface area contributed by atoms with Crippen molar-refractivity contribution in [1.82, 2.24) is 4.90 Å². The van der Waals surface area contributed by atoms with E-state index in [1.54, 1.807) is 4.90 Å². The van der Waals surface area contributed by atoms with E-state index in [-0.39, 0.29) is 0 Å². The van der Waals surface area contributed by atoms with Crippen LogP contribution in [0.2, 0.25) is 0 Å². The lowest BCUT2D eigenvalue weighted by Gasteiger charge is -2.13. The zero-order valence-electron chi connectivity index (χ0n) is 7.36. The van der Waals surface area contributed by atoms with Gasteiger partial charge in [0, 0.05) is 13.1 Å². The largest absolute Gasteiger partial charge is 0.465 e. The summed E-state index contributed by atoms with van der Waals surface area (Å²) in [6, 6.07) is 0. The summed E-state index contributed by atoms with van der Waals surface area (Å²) in [5.41, 5.74) is 0. The summed E-state index contributed by atoms with van der Waals surface area (Å²) in [6.07, 6.45) is 1.72. The molecule has 0 aromatic heterocycles. The number of nitrogens with zero attached hydrogens (tertiary/aromatic N) is 1. The van der Waals surface area contributed by atoms with Gasteiger partial charge in [-0.15, -0.1) is 0 Å². The monoisotopic (exact) mass is 169 g/mol.